The van der Waals surface area contributed by atoms with Crippen LogP contribution in [0, 0.1) is 11.7 Å². The first kappa shape index (κ1) is 18.9. The minimum absolute atomic E-state index is 0.0382. The first-order valence-electron chi connectivity index (χ1n) is 10.1. The molecule has 0 saturated carbocycles. The van der Waals surface area contributed by atoms with E-state index in [0.29, 0.717) is 23.3 Å². The minimum Gasteiger partial charge on any atom is -0.496 e. The van der Waals surface area contributed by atoms with E-state index < -0.39 is 0 Å². The van der Waals surface area contributed by atoms with Gasteiger partial charge in [-0.2, -0.15) is 0 Å². The van der Waals surface area contributed by atoms with Crippen molar-refractivity contribution >= 4 is 5.91 Å². The van der Waals surface area contributed by atoms with Crippen LogP contribution in [0.15, 0.2) is 48.5 Å². The number of fused-ring (bicyclic) bond motifs is 1. The molecule has 0 unspecified atom stereocenters. The molecule has 2 heterocycles. The average molecular weight is 382 g/mol. The fourth-order valence-electron chi connectivity index (χ4n) is 4.66. The number of rotatable bonds is 4. The van der Waals surface area contributed by atoms with Crippen molar-refractivity contribution in [3.05, 3.63) is 65.5 Å². The first-order valence-corrected chi connectivity index (χ1v) is 10.1. The van der Waals surface area contributed by atoms with Crippen molar-refractivity contribution in [2.24, 2.45) is 5.92 Å². The third kappa shape index (κ3) is 3.90. The van der Waals surface area contributed by atoms with Gasteiger partial charge in [0.1, 0.15) is 11.6 Å². The molecule has 0 spiro atoms. The largest absolute Gasteiger partial charge is 0.496 e. The number of carbonyl (C=O) groups is 1. The van der Waals surface area contributed by atoms with Crippen molar-refractivity contribution in [3.63, 3.8) is 0 Å². The number of para-hydroxylation sites is 1. The van der Waals surface area contributed by atoms with Gasteiger partial charge < -0.3 is 9.64 Å². The van der Waals surface area contributed by atoms with Crippen LogP contribution in [0.4, 0.5) is 4.39 Å². The molecule has 0 aromatic heterocycles. The molecule has 0 bridgehead atoms. The lowest BCUT2D eigenvalue weighted by Crippen LogP contribution is -2.40. The quantitative estimate of drug-likeness (QED) is 0.802. The van der Waals surface area contributed by atoms with Gasteiger partial charge in [0.2, 0.25) is 0 Å². The Morgan fingerprint density at radius 3 is 2.82 bits per heavy atom. The fourth-order valence-corrected chi connectivity index (χ4v) is 4.66. The maximum atomic E-state index is 13.6. The summed E-state index contributed by atoms with van der Waals surface area (Å²) in [4.78, 5) is 17.6. The van der Waals surface area contributed by atoms with Crippen LogP contribution in [0.3, 0.4) is 0 Å². The van der Waals surface area contributed by atoms with Gasteiger partial charge in [0.15, 0.2) is 0 Å². The smallest absolute Gasteiger partial charge is 0.257 e. The molecule has 1 amide bonds. The van der Waals surface area contributed by atoms with Crippen molar-refractivity contribution in [2.75, 3.05) is 26.7 Å². The SMILES string of the molecule is COc1ccccc1C(=O)N1C[C@@H]2CCCCN(Cc3cccc(F)c3)[C@@H]2C1. The highest BCUT2D eigenvalue weighted by atomic mass is 19.1. The molecule has 4 rings (SSSR count). The van der Waals surface area contributed by atoms with Crippen LogP contribution in [0.1, 0.15) is 35.2 Å². The van der Waals surface area contributed by atoms with E-state index in [2.05, 4.69) is 4.90 Å². The van der Waals surface area contributed by atoms with Crippen LogP contribution in [0.25, 0.3) is 0 Å². The molecule has 2 aromatic carbocycles. The van der Waals surface area contributed by atoms with Crippen LogP contribution in [0.5, 0.6) is 5.75 Å². The Labute approximate surface area is 165 Å². The summed E-state index contributed by atoms with van der Waals surface area (Å²) in [6.45, 7) is 3.22. The lowest BCUT2D eigenvalue weighted by molar-refractivity contribution is 0.0770. The maximum absolute atomic E-state index is 13.6. The number of hydrogen-bond acceptors (Lipinski definition) is 3. The number of halogens is 1. The van der Waals surface area contributed by atoms with Gasteiger partial charge in [0.05, 0.1) is 12.7 Å². The molecule has 2 fully saturated rings. The number of nitrogens with zero attached hydrogens (tertiary/aromatic N) is 2. The summed E-state index contributed by atoms with van der Waals surface area (Å²) in [5.41, 5.74) is 1.62. The molecule has 2 aliphatic heterocycles. The predicted octanol–water partition coefficient (Wildman–Crippen LogP) is 3.96. The number of ether oxygens (including phenoxy) is 1. The zero-order chi connectivity index (χ0) is 19.5. The third-order valence-corrected chi connectivity index (χ3v) is 6.05. The summed E-state index contributed by atoms with van der Waals surface area (Å²) in [5.74, 6) is 0.936. The summed E-state index contributed by atoms with van der Waals surface area (Å²) >= 11 is 0. The molecule has 0 radical (unpaired) electrons. The number of benzene rings is 2. The van der Waals surface area contributed by atoms with E-state index in [0.717, 1.165) is 44.6 Å². The zero-order valence-electron chi connectivity index (χ0n) is 16.3. The van der Waals surface area contributed by atoms with Crippen molar-refractivity contribution < 1.29 is 13.9 Å². The molecule has 0 aliphatic carbocycles. The number of amides is 1. The maximum Gasteiger partial charge on any atom is 0.257 e. The van der Waals surface area contributed by atoms with Gasteiger partial charge in [-0.1, -0.05) is 30.7 Å². The first-order chi connectivity index (χ1) is 13.7. The predicted molar refractivity (Wildman–Crippen MR) is 107 cm³/mol. The van der Waals surface area contributed by atoms with Gasteiger partial charge in [-0.25, -0.2) is 4.39 Å². The normalized spacial score (nSPS) is 22.6. The lowest BCUT2D eigenvalue weighted by atomic mass is 9.98. The number of methoxy groups -OCH3 is 1. The second-order valence-electron chi connectivity index (χ2n) is 7.83. The number of carbonyl (C=O) groups excluding carboxylic acids is 1. The van der Waals surface area contributed by atoms with Crippen LogP contribution in [-0.4, -0.2) is 48.5 Å². The molecular weight excluding hydrogens is 355 g/mol. The third-order valence-electron chi connectivity index (χ3n) is 6.05. The molecule has 148 valence electrons. The van der Waals surface area contributed by atoms with Crippen LogP contribution >= 0.6 is 0 Å². The Kier molecular flexibility index (Phi) is 5.62. The summed E-state index contributed by atoms with van der Waals surface area (Å²) in [7, 11) is 1.60. The van der Waals surface area contributed by atoms with Crippen LogP contribution < -0.4 is 4.74 Å². The van der Waals surface area contributed by atoms with Crippen molar-refractivity contribution in [1.82, 2.24) is 9.80 Å². The van der Waals surface area contributed by atoms with Crippen LogP contribution in [-0.2, 0) is 6.54 Å². The van der Waals surface area contributed by atoms with E-state index in [1.165, 1.54) is 12.5 Å². The molecular formula is C23H27FN2O2. The van der Waals surface area contributed by atoms with E-state index in [1.54, 1.807) is 19.2 Å². The second-order valence-corrected chi connectivity index (χ2v) is 7.83. The van der Waals surface area contributed by atoms with Gasteiger partial charge in [-0.15, -0.1) is 0 Å². The molecule has 4 nitrogen and oxygen atoms in total. The molecule has 28 heavy (non-hydrogen) atoms. The van der Waals surface area contributed by atoms with Gasteiger partial charge in [0.25, 0.3) is 5.91 Å². The number of hydrogen-bond donors (Lipinski definition) is 0. The van der Waals surface area contributed by atoms with E-state index in [9.17, 15) is 9.18 Å². The lowest BCUT2D eigenvalue weighted by Gasteiger charge is -2.30. The average Bonchev–Trinajstić information content (AvgIpc) is 3.05. The van der Waals surface area contributed by atoms with E-state index >= 15 is 0 Å². The van der Waals surface area contributed by atoms with Crippen molar-refractivity contribution in [1.29, 1.82) is 0 Å². The van der Waals surface area contributed by atoms with Crippen molar-refractivity contribution in [3.8, 4) is 5.75 Å². The van der Waals surface area contributed by atoms with Gasteiger partial charge in [0, 0.05) is 25.7 Å². The van der Waals surface area contributed by atoms with E-state index in [4.69, 9.17) is 4.74 Å². The topological polar surface area (TPSA) is 32.8 Å². The Morgan fingerprint density at radius 1 is 1.14 bits per heavy atom. The van der Waals surface area contributed by atoms with Gasteiger partial charge in [-0.3, -0.25) is 9.69 Å². The molecule has 2 atom stereocenters. The fraction of sp³-hybridized carbons (Fsp3) is 0.435. The van der Waals surface area contributed by atoms with E-state index in [1.807, 2.05) is 35.2 Å². The molecule has 2 aromatic rings. The molecule has 0 N–H and O–H groups in total. The standard InChI is InChI=1S/C23H27FN2O2/c1-28-22-11-3-2-10-20(22)23(27)26-15-18-8-4-5-12-25(21(18)16-26)14-17-7-6-9-19(24)13-17/h2-3,6-7,9-11,13,18,21H,4-5,8,12,14-16H2,1H3/t18-,21+/m0/s1. The summed E-state index contributed by atoms with van der Waals surface area (Å²) in [6, 6.07) is 14.6. The Hall–Kier alpha value is -2.40. The highest BCUT2D eigenvalue weighted by molar-refractivity contribution is 5.97. The Balaban J connectivity index is 1.52. The highest BCUT2D eigenvalue weighted by Crippen LogP contribution is 2.32. The summed E-state index contributed by atoms with van der Waals surface area (Å²) < 4.78 is 19.0. The van der Waals surface area contributed by atoms with E-state index in [-0.39, 0.29) is 11.7 Å². The van der Waals surface area contributed by atoms with Gasteiger partial charge >= 0.3 is 0 Å². The highest BCUT2D eigenvalue weighted by Gasteiger charge is 2.40. The minimum atomic E-state index is -0.191. The van der Waals surface area contributed by atoms with Crippen molar-refractivity contribution in [2.45, 2.75) is 31.8 Å². The number of likely N-dealkylation sites (tertiary alicyclic amines) is 2. The molecule has 2 saturated heterocycles. The molecule has 2 aliphatic rings. The Morgan fingerprint density at radius 2 is 2.00 bits per heavy atom. The second kappa shape index (κ2) is 8.31. The molecule has 5 heteroatoms. The zero-order valence-corrected chi connectivity index (χ0v) is 16.3. The monoisotopic (exact) mass is 382 g/mol. The summed E-state index contributed by atoms with van der Waals surface area (Å²) in [6.07, 6.45) is 3.47. The summed E-state index contributed by atoms with van der Waals surface area (Å²) in [5, 5.41) is 0. The van der Waals surface area contributed by atoms with Crippen LogP contribution in [0.2, 0.25) is 0 Å². The van der Waals surface area contributed by atoms with Gasteiger partial charge in [-0.05, 0) is 55.1 Å². The Bertz CT molecular complexity index is 841.